The van der Waals surface area contributed by atoms with E-state index in [1.165, 1.54) is 6.92 Å². The van der Waals surface area contributed by atoms with Crippen LogP contribution in [0.2, 0.25) is 0 Å². The van der Waals surface area contributed by atoms with Crippen LogP contribution >= 0.6 is 0 Å². The third kappa shape index (κ3) is 4.75. The van der Waals surface area contributed by atoms with Crippen LogP contribution < -0.4 is 15.8 Å². The van der Waals surface area contributed by atoms with E-state index in [0.717, 1.165) is 16.7 Å². The lowest BCUT2D eigenvalue weighted by molar-refractivity contribution is -0.175. The number of likely N-dealkylation sites (tertiary alicyclic amines) is 1. The van der Waals surface area contributed by atoms with Gasteiger partial charge in [0.05, 0.1) is 23.5 Å². The molecule has 0 saturated carbocycles. The van der Waals surface area contributed by atoms with Gasteiger partial charge in [0.2, 0.25) is 5.91 Å². The number of nitrogens with one attached hydrogen (secondary N) is 1. The van der Waals surface area contributed by atoms with E-state index in [4.69, 9.17) is 19.9 Å². The fourth-order valence-electron chi connectivity index (χ4n) is 7.32. The number of phenolic OH excluding ortho intramolecular Hbond substituents is 1. The average Bonchev–Trinajstić information content (AvgIpc) is 3.34. The normalized spacial score (nSPS) is 28.0. The average molecular weight is 592 g/mol. The number of hydrogen-bond acceptors (Lipinski definition) is 10. The number of benzene rings is 2. The molecule has 0 unspecified atom stereocenters. The lowest BCUT2D eigenvalue weighted by atomic mass is 9.50. The molecule has 4 aliphatic rings. The summed E-state index contributed by atoms with van der Waals surface area (Å²) >= 11 is 0. The largest absolute Gasteiger partial charge is 0.504 e. The van der Waals surface area contributed by atoms with Gasteiger partial charge in [0.25, 0.3) is 0 Å². The third-order valence-electron chi connectivity index (χ3n) is 9.48. The maximum absolute atomic E-state index is 13.1. The Hall–Kier alpha value is -3.93. The maximum atomic E-state index is 13.1. The first-order valence-corrected chi connectivity index (χ1v) is 14.7. The molecule has 2 aromatic carbocycles. The minimum Gasteiger partial charge on any atom is -0.504 e. The lowest BCUT2D eigenvalue weighted by Gasteiger charge is -2.61. The fraction of sp³-hybridized carbons (Fsp3) is 0.469. The monoisotopic (exact) mass is 591 g/mol. The van der Waals surface area contributed by atoms with Crippen molar-refractivity contribution >= 4 is 17.8 Å². The second kappa shape index (κ2) is 11.0. The highest BCUT2D eigenvalue weighted by atomic mass is 16.6. The number of piperidine rings is 1. The number of amides is 1. The highest BCUT2D eigenvalue weighted by Gasteiger charge is 2.72. The van der Waals surface area contributed by atoms with Crippen molar-refractivity contribution in [1.29, 1.82) is 0 Å². The number of hydrogen-bond donors (Lipinski definition) is 4. The summed E-state index contributed by atoms with van der Waals surface area (Å²) in [7, 11) is 1.99. The zero-order valence-electron chi connectivity index (χ0n) is 24.2. The number of esters is 2. The number of carbonyl (C=O) groups is 3. The van der Waals surface area contributed by atoms with E-state index in [1.807, 2.05) is 43.4 Å². The smallest absolute Gasteiger partial charge is 0.352 e. The Morgan fingerprint density at radius 2 is 1.98 bits per heavy atom. The Morgan fingerprint density at radius 1 is 1.21 bits per heavy atom. The summed E-state index contributed by atoms with van der Waals surface area (Å²) in [4.78, 5) is 40.0. The van der Waals surface area contributed by atoms with Crippen LogP contribution in [-0.4, -0.2) is 83.0 Å². The Labute approximate surface area is 249 Å². The van der Waals surface area contributed by atoms with Crippen LogP contribution in [0, 0.1) is 0 Å². The van der Waals surface area contributed by atoms with Gasteiger partial charge in [0, 0.05) is 24.6 Å². The van der Waals surface area contributed by atoms with Crippen molar-refractivity contribution in [2.24, 2.45) is 5.73 Å². The van der Waals surface area contributed by atoms with Gasteiger partial charge in [-0.25, -0.2) is 4.79 Å². The molecule has 1 saturated heterocycles. The first-order chi connectivity index (χ1) is 20.5. The minimum atomic E-state index is -1.23. The van der Waals surface area contributed by atoms with Gasteiger partial charge in [-0.05, 0) is 63.0 Å². The van der Waals surface area contributed by atoms with Gasteiger partial charge in [-0.15, -0.1) is 0 Å². The minimum absolute atomic E-state index is 0.00376. The van der Waals surface area contributed by atoms with Gasteiger partial charge in [0.15, 0.2) is 23.7 Å². The van der Waals surface area contributed by atoms with Crippen molar-refractivity contribution in [1.82, 2.24) is 10.2 Å². The number of aromatic hydroxyl groups is 1. The Morgan fingerprint density at radius 3 is 2.74 bits per heavy atom. The number of ether oxygens (including phenoxy) is 3. The van der Waals surface area contributed by atoms with Gasteiger partial charge in [-0.3, -0.25) is 9.59 Å². The van der Waals surface area contributed by atoms with Gasteiger partial charge >= 0.3 is 11.9 Å². The SMILES string of the molecule is C[C@H](OC(=O)CCNC(=O)[C@@H](N)Cc1ccccc1)C(=O)OC1=CC[C@@]2(O)[C@H]3Cc4ccc(O)c5c4[C@@]2(CCN3C)[C@H]1O5. The van der Waals surface area contributed by atoms with E-state index in [0.29, 0.717) is 31.6 Å². The molecule has 2 aromatic rings. The molecule has 43 heavy (non-hydrogen) atoms. The van der Waals surface area contributed by atoms with Crippen molar-refractivity contribution in [3.8, 4) is 11.5 Å². The molecule has 6 atom stereocenters. The van der Waals surface area contributed by atoms with Gasteiger partial charge in [-0.1, -0.05) is 36.4 Å². The van der Waals surface area contributed by atoms with Crippen molar-refractivity contribution in [3.63, 3.8) is 0 Å². The Bertz CT molecular complexity index is 1480. The van der Waals surface area contributed by atoms with Crippen LogP contribution in [0.3, 0.4) is 0 Å². The molecule has 0 aromatic heterocycles. The number of rotatable bonds is 9. The van der Waals surface area contributed by atoms with Gasteiger partial charge in [0.1, 0.15) is 5.76 Å². The van der Waals surface area contributed by atoms with Crippen LogP contribution in [0.4, 0.5) is 0 Å². The molecule has 0 radical (unpaired) electrons. The first-order valence-electron chi connectivity index (χ1n) is 14.7. The molecule has 6 rings (SSSR count). The van der Waals surface area contributed by atoms with E-state index in [1.54, 1.807) is 12.1 Å². The Balaban J connectivity index is 1.07. The molecule has 2 heterocycles. The summed E-state index contributed by atoms with van der Waals surface area (Å²) in [5.41, 5.74) is 6.62. The summed E-state index contributed by atoms with van der Waals surface area (Å²) < 4.78 is 17.3. The molecular weight excluding hydrogens is 554 g/mol. The molecule has 11 heteroatoms. The number of carbonyl (C=O) groups excluding carboxylic acids is 3. The van der Waals surface area contributed by atoms with Crippen LogP contribution in [0.15, 0.2) is 54.3 Å². The third-order valence-corrected chi connectivity index (χ3v) is 9.48. The molecule has 2 aliphatic heterocycles. The quantitative estimate of drug-likeness (QED) is 0.312. The number of aliphatic hydroxyl groups is 1. The zero-order valence-corrected chi connectivity index (χ0v) is 24.2. The topological polar surface area (TPSA) is 161 Å². The summed E-state index contributed by atoms with van der Waals surface area (Å²) in [6, 6.07) is 11.9. The Kier molecular flexibility index (Phi) is 7.44. The summed E-state index contributed by atoms with van der Waals surface area (Å²) in [5.74, 6) is -1.35. The van der Waals surface area contributed by atoms with Crippen LogP contribution in [-0.2, 0) is 42.1 Å². The maximum Gasteiger partial charge on any atom is 0.352 e. The summed E-state index contributed by atoms with van der Waals surface area (Å²) in [6.07, 6.45) is 1.22. The summed E-state index contributed by atoms with van der Waals surface area (Å²) in [6.45, 7) is 2.11. The molecular formula is C32H37N3O8. The molecule has 228 valence electrons. The highest BCUT2D eigenvalue weighted by Crippen LogP contribution is 2.65. The number of phenols is 1. The second-order valence-corrected chi connectivity index (χ2v) is 12.0. The molecule has 2 bridgehead atoms. The van der Waals surface area contributed by atoms with Crippen molar-refractivity contribution in [2.45, 2.75) is 74.3 Å². The van der Waals surface area contributed by atoms with E-state index >= 15 is 0 Å². The number of likely N-dealkylation sites (N-methyl/N-ethyl adjacent to an activating group) is 1. The van der Waals surface area contributed by atoms with E-state index in [2.05, 4.69) is 10.2 Å². The van der Waals surface area contributed by atoms with Crippen molar-refractivity contribution in [3.05, 3.63) is 71.0 Å². The molecule has 2 aliphatic carbocycles. The highest BCUT2D eigenvalue weighted by molar-refractivity contribution is 5.83. The fourth-order valence-corrected chi connectivity index (χ4v) is 7.32. The van der Waals surface area contributed by atoms with Crippen LogP contribution in [0.25, 0.3) is 0 Å². The zero-order chi connectivity index (χ0) is 30.5. The number of nitrogens with two attached hydrogens (primary N) is 1. The van der Waals surface area contributed by atoms with Gasteiger partial charge < -0.3 is 40.4 Å². The van der Waals surface area contributed by atoms with E-state index < -0.39 is 47.1 Å². The van der Waals surface area contributed by atoms with Crippen LogP contribution in [0.5, 0.6) is 11.5 Å². The van der Waals surface area contributed by atoms with E-state index in [9.17, 15) is 24.6 Å². The predicted molar refractivity (Wildman–Crippen MR) is 154 cm³/mol. The van der Waals surface area contributed by atoms with E-state index in [-0.39, 0.29) is 36.9 Å². The summed E-state index contributed by atoms with van der Waals surface area (Å²) in [5, 5.41) is 25.5. The molecule has 11 nitrogen and oxygen atoms in total. The lowest BCUT2D eigenvalue weighted by Crippen LogP contribution is -2.74. The first kappa shape index (κ1) is 29.2. The van der Waals surface area contributed by atoms with Crippen molar-refractivity contribution in [2.75, 3.05) is 20.1 Å². The number of nitrogens with zero attached hydrogens (tertiary/aromatic N) is 1. The molecule has 1 amide bonds. The molecule has 1 fully saturated rings. The van der Waals surface area contributed by atoms with Crippen LogP contribution in [0.1, 0.15) is 42.9 Å². The molecule has 5 N–H and O–H groups in total. The standard InChI is InChI=1S/C32H37N3O8/c1-18(41-25(37)11-14-34-29(38)21(33)16-19-6-4-3-5-7-19)30(39)42-23-10-12-32(40)24-17-20-8-9-22(36)27-26(20)31(32,28(23)43-27)13-15-35(24)2/h3-10,18,21,24,28,36,40H,11-17,33H2,1-2H3,(H,34,38)/t18-,21-,24+,28-,31-,32+/m0/s1. The molecule has 1 spiro atoms. The van der Waals surface area contributed by atoms with Crippen molar-refractivity contribution < 1.29 is 38.8 Å². The predicted octanol–water partition coefficient (Wildman–Crippen LogP) is 1.22. The van der Waals surface area contributed by atoms with Gasteiger partial charge in [-0.2, -0.15) is 0 Å². The second-order valence-electron chi connectivity index (χ2n) is 12.0.